The van der Waals surface area contributed by atoms with Crippen LogP contribution in [-0.2, 0) is 6.42 Å². The molecule has 100 valence electrons. The molecule has 0 heterocycles. The van der Waals surface area contributed by atoms with Gasteiger partial charge in [0.05, 0.1) is 12.7 Å². The maximum atomic E-state index is 9.91. The van der Waals surface area contributed by atoms with Gasteiger partial charge >= 0.3 is 0 Å². The van der Waals surface area contributed by atoms with Crippen molar-refractivity contribution in [3.8, 4) is 5.75 Å². The van der Waals surface area contributed by atoms with Gasteiger partial charge in [-0.2, -0.15) is 0 Å². The Morgan fingerprint density at radius 1 is 0.842 bits per heavy atom. The first-order valence-corrected chi connectivity index (χ1v) is 6.74. The zero-order valence-electron chi connectivity index (χ0n) is 11.0. The average molecular weight is 256 g/mol. The first-order chi connectivity index (χ1) is 9.34. The first-order valence-electron chi connectivity index (χ1n) is 6.74. The molecule has 0 amide bonds. The lowest BCUT2D eigenvalue weighted by molar-refractivity contribution is 0.131. The Balaban J connectivity index is 1.64. The number of aliphatic hydroxyl groups excluding tert-OH is 1. The van der Waals surface area contributed by atoms with Gasteiger partial charge in [-0.3, -0.25) is 0 Å². The fourth-order valence-electron chi connectivity index (χ4n) is 1.95. The molecule has 0 bridgehead atoms. The van der Waals surface area contributed by atoms with Crippen LogP contribution in [0, 0.1) is 0 Å². The molecule has 1 unspecified atom stereocenters. The fourth-order valence-corrected chi connectivity index (χ4v) is 1.95. The van der Waals surface area contributed by atoms with E-state index in [0.29, 0.717) is 13.0 Å². The molecule has 0 fully saturated rings. The predicted octanol–water partition coefficient (Wildman–Crippen LogP) is 3.45. The molecule has 2 nitrogen and oxygen atoms in total. The molecule has 1 atom stereocenters. The molecule has 2 aromatic rings. The van der Waals surface area contributed by atoms with Crippen molar-refractivity contribution in [3.63, 3.8) is 0 Å². The van der Waals surface area contributed by atoms with E-state index >= 15 is 0 Å². The van der Waals surface area contributed by atoms with E-state index in [4.69, 9.17) is 4.74 Å². The molecule has 2 aromatic carbocycles. The summed E-state index contributed by atoms with van der Waals surface area (Å²) in [5, 5.41) is 9.91. The Kier molecular flexibility index (Phi) is 5.45. The lowest BCUT2D eigenvalue weighted by atomic mass is 10.1. The summed E-state index contributed by atoms with van der Waals surface area (Å²) in [6.07, 6.45) is 2.06. The molecule has 19 heavy (non-hydrogen) atoms. The first kappa shape index (κ1) is 13.6. The number of aryl methyl sites for hydroxylation is 1. The molecular formula is C17H20O2. The summed E-state index contributed by atoms with van der Waals surface area (Å²) in [5.74, 6) is 0.859. The number of hydrogen-bond donors (Lipinski definition) is 1. The SMILES string of the molecule is OC(CCOc1ccccc1)CCc1ccccc1. The molecule has 1 N–H and O–H groups in total. The monoisotopic (exact) mass is 256 g/mol. The normalized spacial score (nSPS) is 12.1. The topological polar surface area (TPSA) is 29.5 Å². The summed E-state index contributed by atoms with van der Waals surface area (Å²) in [6, 6.07) is 19.9. The summed E-state index contributed by atoms with van der Waals surface area (Å²) in [4.78, 5) is 0. The summed E-state index contributed by atoms with van der Waals surface area (Å²) < 4.78 is 5.57. The van der Waals surface area contributed by atoms with Crippen molar-refractivity contribution in [1.82, 2.24) is 0 Å². The third kappa shape index (κ3) is 5.14. The van der Waals surface area contributed by atoms with Gasteiger partial charge in [0, 0.05) is 6.42 Å². The minimum Gasteiger partial charge on any atom is -0.493 e. The van der Waals surface area contributed by atoms with Crippen LogP contribution >= 0.6 is 0 Å². The van der Waals surface area contributed by atoms with E-state index in [-0.39, 0.29) is 6.10 Å². The van der Waals surface area contributed by atoms with Crippen molar-refractivity contribution in [3.05, 3.63) is 66.2 Å². The van der Waals surface area contributed by atoms with Crippen LogP contribution in [0.25, 0.3) is 0 Å². The van der Waals surface area contributed by atoms with Crippen LogP contribution in [0.5, 0.6) is 5.75 Å². The average Bonchev–Trinajstić information content (AvgIpc) is 2.47. The van der Waals surface area contributed by atoms with Crippen LogP contribution in [0.2, 0.25) is 0 Å². The van der Waals surface area contributed by atoms with E-state index in [0.717, 1.165) is 18.6 Å². The summed E-state index contributed by atoms with van der Waals surface area (Å²) in [7, 11) is 0. The van der Waals surface area contributed by atoms with E-state index in [1.54, 1.807) is 0 Å². The third-order valence-corrected chi connectivity index (χ3v) is 3.07. The lowest BCUT2D eigenvalue weighted by Gasteiger charge is -2.11. The standard InChI is InChI=1S/C17H20O2/c18-16(12-11-15-7-3-1-4-8-15)13-14-19-17-9-5-2-6-10-17/h1-10,16,18H,11-14H2. The maximum Gasteiger partial charge on any atom is 0.119 e. The van der Waals surface area contributed by atoms with Crippen LogP contribution < -0.4 is 4.74 Å². The van der Waals surface area contributed by atoms with Gasteiger partial charge < -0.3 is 9.84 Å². The molecule has 0 saturated carbocycles. The minimum atomic E-state index is -0.302. The van der Waals surface area contributed by atoms with Crippen molar-refractivity contribution in [2.75, 3.05) is 6.61 Å². The molecule has 2 heteroatoms. The highest BCUT2D eigenvalue weighted by atomic mass is 16.5. The van der Waals surface area contributed by atoms with E-state index in [2.05, 4.69) is 12.1 Å². The summed E-state index contributed by atoms with van der Waals surface area (Å²) >= 11 is 0. The number of rotatable bonds is 7. The van der Waals surface area contributed by atoms with Crippen molar-refractivity contribution >= 4 is 0 Å². The lowest BCUT2D eigenvalue weighted by Crippen LogP contribution is -2.12. The van der Waals surface area contributed by atoms with Gasteiger partial charge in [-0.15, -0.1) is 0 Å². The summed E-state index contributed by atoms with van der Waals surface area (Å²) in [6.45, 7) is 0.556. The third-order valence-electron chi connectivity index (χ3n) is 3.07. The number of para-hydroxylation sites is 1. The van der Waals surface area contributed by atoms with Gasteiger partial charge in [-0.1, -0.05) is 48.5 Å². The largest absolute Gasteiger partial charge is 0.493 e. The van der Waals surface area contributed by atoms with Gasteiger partial charge in [0.1, 0.15) is 5.75 Å². The molecule has 0 aliphatic rings. The molecule has 2 rings (SSSR count). The van der Waals surface area contributed by atoms with Crippen LogP contribution in [0.3, 0.4) is 0 Å². The smallest absolute Gasteiger partial charge is 0.119 e. The second-order valence-corrected chi connectivity index (χ2v) is 4.63. The Morgan fingerprint density at radius 3 is 2.16 bits per heavy atom. The number of ether oxygens (including phenoxy) is 1. The van der Waals surface area contributed by atoms with Crippen molar-refractivity contribution in [2.24, 2.45) is 0 Å². The zero-order valence-corrected chi connectivity index (χ0v) is 11.0. The van der Waals surface area contributed by atoms with Crippen LogP contribution in [0.15, 0.2) is 60.7 Å². The van der Waals surface area contributed by atoms with E-state index < -0.39 is 0 Å². The Hall–Kier alpha value is -1.80. The molecule has 0 radical (unpaired) electrons. The predicted molar refractivity (Wildman–Crippen MR) is 77.3 cm³/mol. The maximum absolute atomic E-state index is 9.91. The van der Waals surface area contributed by atoms with Gasteiger partial charge in [0.25, 0.3) is 0 Å². The second-order valence-electron chi connectivity index (χ2n) is 4.63. The van der Waals surface area contributed by atoms with Crippen LogP contribution in [0.4, 0.5) is 0 Å². The van der Waals surface area contributed by atoms with Gasteiger partial charge in [-0.25, -0.2) is 0 Å². The minimum absolute atomic E-state index is 0.302. The highest BCUT2D eigenvalue weighted by Gasteiger charge is 2.05. The van der Waals surface area contributed by atoms with E-state index in [9.17, 15) is 5.11 Å². The van der Waals surface area contributed by atoms with E-state index in [1.807, 2.05) is 48.5 Å². The molecule has 0 saturated heterocycles. The highest BCUT2D eigenvalue weighted by Crippen LogP contribution is 2.11. The fraction of sp³-hybridized carbons (Fsp3) is 0.294. The van der Waals surface area contributed by atoms with Crippen LogP contribution in [-0.4, -0.2) is 17.8 Å². The highest BCUT2D eigenvalue weighted by molar-refractivity contribution is 5.20. The zero-order chi connectivity index (χ0) is 13.3. The summed E-state index contributed by atoms with van der Waals surface area (Å²) in [5.41, 5.74) is 1.27. The quantitative estimate of drug-likeness (QED) is 0.822. The Morgan fingerprint density at radius 2 is 1.47 bits per heavy atom. The van der Waals surface area contributed by atoms with Crippen molar-refractivity contribution < 1.29 is 9.84 Å². The molecular weight excluding hydrogens is 236 g/mol. The van der Waals surface area contributed by atoms with Crippen molar-refractivity contribution in [1.29, 1.82) is 0 Å². The van der Waals surface area contributed by atoms with Gasteiger partial charge in [0.15, 0.2) is 0 Å². The van der Waals surface area contributed by atoms with Gasteiger partial charge in [-0.05, 0) is 30.5 Å². The number of hydrogen-bond acceptors (Lipinski definition) is 2. The number of benzene rings is 2. The van der Waals surface area contributed by atoms with Gasteiger partial charge in [0.2, 0.25) is 0 Å². The van der Waals surface area contributed by atoms with E-state index in [1.165, 1.54) is 5.56 Å². The second kappa shape index (κ2) is 7.59. The molecule has 0 spiro atoms. The molecule has 0 aliphatic heterocycles. The molecule has 0 aromatic heterocycles. The van der Waals surface area contributed by atoms with Crippen molar-refractivity contribution in [2.45, 2.75) is 25.4 Å². The Bertz CT molecular complexity index is 453. The molecule has 0 aliphatic carbocycles. The number of aliphatic hydroxyl groups is 1. The van der Waals surface area contributed by atoms with Crippen LogP contribution in [0.1, 0.15) is 18.4 Å². The Labute approximate surface area is 114 Å².